The number of carbonyl (C=O) groups excluding carboxylic acids is 1. The molecule has 2 heterocycles. The molecule has 0 aliphatic heterocycles. The lowest BCUT2D eigenvalue weighted by atomic mass is 10.1. The van der Waals surface area contributed by atoms with Gasteiger partial charge in [-0.15, -0.1) is 11.3 Å². The van der Waals surface area contributed by atoms with Crippen LogP contribution in [0.3, 0.4) is 0 Å². The van der Waals surface area contributed by atoms with Gasteiger partial charge in [0, 0.05) is 10.9 Å². The molecular formula is C17H16N2O3S. The van der Waals surface area contributed by atoms with Gasteiger partial charge in [-0.2, -0.15) is 0 Å². The Hall–Kier alpha value is -2.47. The standard InChI is InChI=1S/C17H16N2O3S/c1-3-13(17(21)22-2)19-10-18-15-14(16(19)20)12(9-23-15)11-7-5-4-6-8-11/h4-10,13H,3H2,1-2H3. The number of benzene rings is 1. The number of rotatable bonds is 4. The molecule has 5 nitrogen and oxygen atoms in total. The zero-order chi connectivity index (χ0) is 16.4. The van der Waals surface area contributed by atoms with Gasteiger partial charge in [-0.1, -0.05) is 37.3 Å². The van der Waals surface area contributed by atoms with Gasteiger partial charge >= 0.3 is 5.97 Å². The first-order valence-electron chi connectivity index (χ1n) is 7.29. The van der Waals surface area contributed by atoms with Crippen molar-refractivity contribution in [3.05, 3.63) is 52.4 Å². The molecule has 0 amide bonds. The molecule has 0 spiro atoms. The summed E-state index contributed by atoms with van der Waals surface area (Å²) in [5, 5.41) is 2.48. The summed E-state index contributed by atoms with van der Waals surface area (Å²) < 4.78 is 6.17. The number of carbonyl (C=O) groups is 1. The maximum absolute atomic E-state index is 12.9. The molecule has 23 heavy (non-hydrogen) atoms. The van der Waals surface area contributed by atoms with Crippen molar-refractivity contribution >= 4 is 27.5 Å². The molecule has 3 aromatic rings. The molecule has 0 bridgehead atoms. The summed E-state index contributed by atoms with van der Waals surface area (Å²) in [4.78, 5) is 29.9. The van der Waals surface area contributed by atoms with Crippen molar-refractivity contribution in [2.45, 2.75) is 19.4 Å². The van der Waals surface area contributed by atoms with Crippen LogP contribution >= 0.6 is 11.3 Å². The molecule has 0 fully saturated rings. The molecule has 1 unspecified atom stereocenters. The number of hydrogen-bond donors (Lipinski definition) is 0. The zero-order valence-electron chi connectivity index (χ0n) is 12.9. The predicted octanol–water partition coefficient (Wildman–Crippen LogP) is 3.25. The summed E-state index contributed by atoms with van der Waals surface area (Å²) in [5.41, 5.74) is 1.59. The predicted molar refractivity (Wildman–Crippen MR) is 90.7 cm³/mol. The molecular weight excluding hydrogens is 312 g/mol. The summed E-state index contributed by atoms with van der Waals surface area (Å²) in [6.45, 7) is 1.84. The Morgan fingerprint density at radius 2 is 2.09 bits per heavy atom. The van der Waals surface area contributed by atoms with Crippen molar-refractivity contribution in [1.82, 2.24) is 9.55 Å². The minimum absolute atomic E-state index is 0.215. The maximum atomic E-state index is 12.9. The molecule has 0 radical (unpaired) electrons. The highest BCUT2D eigenvalue weighted by molar-refractivity contribution is 7.17. The third kappa shape index (κ3) is 2.66. The second-order valence-electron chi connectivity index (χ2n) is 5.10. The van der Waals surface area contributed by atoms with E-state index in [9.17, 15) is 9.59 Å². The second kappa shape index (κ2) is 6.34. The van der Waals surface area contributed by atoms with Crippen LogP contribution in [0.5, 0.6) is 0 Å². The van der Waals surface area contributed by atoms with Crippen LogP contribution in [0, 0.1) is 0 Å². The third-order valence-corrected chi connectivity index (χ3v) is 4.69. The molecule has 3 rings (SSSR count). The average Bonchev–Trinajstić information content (AvgIpc) is 3.03. The molecule has 2 aromatic heterocycles. The largest absolute Gasteiger partial charge is 0.467 e. The summed E-state index contributed by atoms with van der Waals surface area (Å²) in [7, 11) is 1.32. The lowest BCUT2D eigenvalue weighted by Crippen LogP contribution is -2.30. The van der Waals surface area contributed by atoms with Crippen LogP contribution in [-0.2, 0) is 9.53 Å². The number of esters is 1. The van der Waals surface area contributed by atoms with Crippen LogP contribution in [-0.4, -0.2) is 22.6 Å². The number of fused-ring (bicyclic) bond motifs is 1. The first-order chi connectivity index (χ1) is 11.2. The molecule has 118 valence electrons. The van der Waals surface area contributed by atoms with E-state index in [0.29, 0.717) is 16.6 Å². The zero-order valence-corrected chi connectivity index (χ0v) is 13.7. The van der Waals surface area contributed by atoms with Crippen LogP contribution in [0.1, 0.15) is 19.4 Å². The van der Waals surface area contributed by atoms with Crippen LogP contribution < -0.4 is 5.56 Å². The van der Waals surface area contributed by atoms with Crippen molar-refractivity contribution < 1.29 is 9.53 Å². The van der Waals surface area contributed by atoms with Gasteiger partial charge in [0.05, 0.1) is 18.8 Å². The van der Waals surface area contributed by atoms with Gasteiger partial charge in [0.25, 0.3) is 5.56 Å². The minimum Gasteiger partial charge on any atom is -0.467 e. The number of aromatic nitrogens is 2. The van der Waals surface area contributed by atoms with Crippen LogP contribution in [0.15, 0.2) is 46.8 Å². The van der Waals surface area contributed by atoms with Crippen LogP contribution in [0.25, 0.3) is 21.3 Å². The van der Waals surface area contributed by atoms with Crippen molar-refractivity contribution in [1.29, 1.82) is 0 Å². The van der Waals surface area contributed by atoms with Gasteiger partial charge in [-0.25, -0.2) is 9.78 Å². The smallest absolute Gasteiger partial charge is 0.329 e. The van der Waals surface area contributed by atoms with E-state index >= 15 is 0 Å². The molecule has 0 N–H and O–H groups in total. The fraction of sp³-hybridized carbons (Fsp3) is 0.235. The van der Waals surface area contributed by atoms with Gasteiger partial charge in [0.1, 0.15) is 10.9 Å². The van der Waals surface area contributed by atoms with Crippen molar-refractivity contribution in [2.24, 2.45) is 0 Å². The molecule has 0 aliphatic rings. The van der Waals surface area contributed by atoms with E-state index in [4.69, 9.17) is 4.74 Å². The average molecular weight is 328 g/mol. The topological polar surface area (TPSA) is 61.2 Å². The van der Waals surface area contributed by atoms with Crippen LogP contribution in [0.4, 0.5) is 0 Å². The van der Waals surface area contributed by atoms with E-state index < -0.39 is 12.0 Å². The SMILES string of the molecule is CCC(C(=O)OC)n1cnc2scc(-c3ccccc3)c2c1=O. The first-order valence-corrected chi connectivity index (χ1v) is 8.17. The Morgan fingerprint density at radius 3 is 2.74 bits per heavy atom. The van der Waals surface area contributed by atoms with Gasteiger partial charge in [0.15, 0.2) is 0 Å². The summed E-state index contributed by atoms with van der Waals surface area (Å²) in [6.07, 6.45) is 1.89. The van der Waals surface area contributed by atoms with Gasteiger partial charge in [0.2, 0.25) is 0 Å². The molecule has 1 aromatic carbocycles. The van der Waals surface area contributed by atoms with Gasteiger partial charge in [-0.3, -0.25) is 9.36 Å². The number of ether oxygens (including phenoxy) is 1. The van der Waals surface area contributed by atoms with Crippen LogP contribution in [0.2, 0.25) is 0 Å². The van der Waals surface area contributed by atoms with Crippen molar-refractivity contribution in [3.63, 3.8) is 0 Å². The Kier molecular flexibility index (Phi) is 4.25. The fourth-order valence-corrected chi connectivity index (χ4v) is 3.52. The molecule has 1 atom stereocenters. The minimum atomic E-state index is -0.659. The summed E-state index contributed by atoms with van der Waals surface area (Å²) in [5.74, 6) is -0.438. The van der Waals surface area contributed by atoms with E-state index in [0.717, 1.165) is 11.1 Å². The molecule has 0 aliphatic carbocycles. The van der Waals surface area contributed by atoms with Gasteiger partial charge < -0.3 is 4.74 Å². The Bertz CT molecular complexity index is 899. The lowest BCUT2D eigenvalue weighted by Gasteiger charge is -2.15. The number of thiophene rings is 1. The second-order valence-corrected chi connectivity index (χ2v) is 5.96. The lowest BCUT2D eigenvalue weighted by molar-refractivity contribution is -0.144. The number of hydrogen-bond acceptors (Lipinski definition) is 5. The number of methoxy groups -OCH3 is 1. The van der Waals surface area contributed by atoms with Crippen molar-refractivity contribution in [2.75, 3.05) is 7.11 Å². The fourth-order valence-electron chi connectivity index (χ4n) is 2.61. The van der Waals surface area contributed by atoms with E-state index in [1.165, 1.54) is 29.3 Å². The van der Waals surface area contributed by atoms with E-state index in [1.54, 1.807) is 0 Å². The van der Waals surface area contributed by atoms with Gasteiger partial charge in [-0.05, 0) is 12.0 Å². The van der Waals surface area contributed by atoms with Crippen molar-refractivity contribution in [3.8, 4) is 11.1 Å². The summed E-state index contributed by atoms with van der Waals surface area (Å²) in [6, 6.07) is 9.03. The first kappa shape index (κ1) is 15.4. The molecule has 0 saturated carbocycles. The quantitative estimate of drug-likeness (QED) is 0.690. The normalized spacial score (nSPS) is 12.3. The third-order valence-electron chi connectivity index (χ3n) is 3.80. The summed E-state index contributed by atoms with van der Waals surface area (Å²) >= 11 is 1.42. The van der Waals surface area contributed by atoms with E-state index in [1.807, 2.05) is 42.6 Å². The van der Waals surface area contributed by atoms with E-state index in [-0.39, 0.29) is 5.56 Å². The highest BCUT2D eigenvalue weighted by Crippen LogP contribution is 2.30. The maximum Gasteiger partial charge on any atom is 0.329 e. The molecule has 6 heteroatoms. The van der Waals surface area contributed by atoms with E-state index in [2.05, 4.69) is 4.98 Å². The Labute approximate surface area is 137 Å². The Balaban J connectivity index is 2.23. The highest BCUT2D eigenvalue weighted by atomic mass is 32.1. The monoisotopic (exact) mass is 328 g/mol. The number of nitrogens with zero attached hydrogens (tertiary/aromatic N) is 2. The highest BCUT2D eigenvalue weighted by Gasteiger charge is 2.23. The Morgan fingerprint density at radius 1 is 1.35 bits per heavy atom. The molecule has 0 saturated heterocycles.